The molecule has 0 bridgehead atoms. The monoisotopic (exact) mass is 392 g/mol. The van der Waals surface area contributed by atoms with Crippen LogP contribution in [0.1, 0.15) is 17.3 Å². The number of halogens is 1. The summed E-state index contributed by atoms with van der Waals surface area (Å²) in [7, 11) is 3.01. The van der Waals surface area contributed by atoms with Crippen molar-refractivity contribution in [3.05, 3.63) is 46.4 Å². The summed E-state index contributed by atoms with van der Waals surface area (Å²) in [6.45, 7) is 1.42. The normalized spacial score (nSPS) is 10.0. The minimum absolute atomic E-state index is 0.183. The third-order valence-electron chi connectivity index (χ3n) is 3.14. The zero-order valence-corrected chi connectivity index (χ0v) is 15.1. The Kier molecular flexibility index (Phi) is 5.81. The van der Waals surface area contributed by atoms with Gasteiger partial charge in [-0.1, -0.05) is 6.07 Å². The number of benzene rings is 2. The zero-order chi connectivity index (χ0) is 17.7. The SMILES string of the molecule is COc1cc(Br)c(OC)c(C(=O)Nc2cccc(NC(C)=O)c2)c1. The molecule has 0 saturated heterocycles. The molecular formula is C17H17BrN2O4. The van der Waals surface area contributed by atoms with Crippen LogP contribution >= 0.6 is 15.9 Å². The first-order chi connectivity index (χ1) is 11.4. The van der Waals surface area contributed by atoms with E-state index >= 15 is 0 Å². The summed E-state index contributed by atoms with van der Waals surface area (Å²) >= 11 is 3.36. The van der Waals surface area contributed by atoms with Crippen LogP contribution in [0.25, 0.3) is 0 Å². The molecule has 0 aliphatic heterocycles. The van der Waals surface area contributed by atoms with Crippen molar-refractivity contribution < 1.29 is 19.1 Å². The van der Waals surface area contributed by atoms with Crippen LogP contribution < -0.4 is 20.1 Å². The van der Waals surface area contributed by atoms with Crippen molar-refractivity contribution in [2.24, 2.45) is 0 Å². The number of ether oxygens (including phenoxy) is 2. The summed E-state index contributed by atoms with van der Waals surface area (Å²) in [5.74, 6) is 0.398. The van der Waals surface area contributed by atoms with E-state index in [-0.39, 0.29) is 11.8 Å². The molecule has 0 radical (unpaired) electrons. The van der Waals surface area contributed by atoms with E-state index in [2.05, 4.69) is 26.6 Å². The molecule has 2 aromatic rings. The Labute approximate surface area is 148 Å². The van der Waals surface area contributed by atoms with Crippen LogP contribution in [0.15, 0.2) is 40.9 Å². The topological polar surface area (TPSA) is 76.7 Å². The molecule has 2 N–H and O–H groups in total. The molecule has 0 saturated carbocycles. The van der Waals surface area contributed by atoms with Gasteiger partial charge in [0.15, 0.2) is 0 Å². The number of anilines is 2. The van der Waals surface area contributed by atoms with Crippen molar-refractivity contribution in [3.8, 4) is 11.5 Å². The second-order valence-electron chi connectivity index (χ2n) is 4.91. The summed E-state index contributed by atoms with van der Waals surface area (Å²) in [4.78, 5) is 23.7. The Morgan fingerprint density at radius 2 is 1.67 bits per heavy atom. The number of carbonyl (C=O) groups is 2. The molecule has 0 spiro atoms. The van der Waals surface area contributed by atoms with E-state index in [1.54, 1.807) is 36.4 Å². The van der Waals surface area contributed by atoms with Gasteiger partial charge in [-0.2, -0.15) is 0 Å². The van der Waals surface area contributed by atoms with Gasteiger partial charge in [0.25, 0.3) is 5.91 Å². The largest absolute Gasteiger partial charge is 0.497 e. The van der Waals surface area contributed by atoms with Crippen LogP contribution in [0, 0.1) is 0 Å². The Bertz CT molecular complexity index is 777. The molecule has 6 nitrogen and oxygen atoms in total. The third kappa shape index (κ3) is 4.26. The average Bonchev–Trinajstić information content (AvgIpc) is 2.53. The lowest BCUT2D eigenvalue weighted by Crippen LogP contribution is -2.14. The quantitative estimate of drug-likeness (QED) is 0.813. The summed E-state index contributed by atoms with van der Waals surface area (Å²) in [5.41, 5.74) is 1.47. The maximum absolute atomic E-state index is 12.6. The molecule has 0 aliphatic carbocycles. The van der Waals surface area contributed by atoms with E-state index in [1.807, 2.05) is 0 Å². The Morgan fingerprint density at radius 1 is 1.00 bits per heavy atom. The number of hydrogen-bond acceptors (Lipinski definition) is 4. The average molecular weight is 393 g/mol. The second-order valence-corrected chi connectivity index (χ2v) is 5.76. The molecule has 2 rings (SSSR count). The van der Waals surface area contributed by atoms with Crippen molar-refractivity contribution in [1.82, 2.24) is 0 Å². The summed E-state index contributed by atoms with van der Waals surface area (Å²) in [6.07, 6.45) is 0. The molecule has 0 aromatic heterocycles. The number of hydrogen-bond donors (Lipinski definition) is 2. The number of methoxy groups -OCH3 is 2. The van der Waals surface area contributed by atoms with E-state index in [4.69, 9.17) is 9.47 Å². The fourth-order valence-electron chi connectivity index (χ4n) is 2.14. The third-order valence-corrected chi connectivity index (χ3v) is 3.73. The number of amides is 2. The molecule has 2 amide bonds. The van der Waals surface area contributed by atoms with Gasteiger partial charge in [-0.05, 0) is 46.3 Å². The molecule has 2 aromatic carbocycles. The van der Waals surface area contributed by atoms with E-state index in [9.17, 15) is 9.59 Å². The van der Waals surface area contributed by atoms with Gasteiger partial charge in [0, 0.05) is 18.3 Å². The maximum Gasteiger partial charge on any atom is 0.259 e. The highest BCUT2D eigenvalue weighted by Crippen LogP contribution is 2.34. The van der Waals surface area contributed by atoms with E-state index in [1.165, 1.54) is 21.1 Å². The standard InChI is InChI=1S/C17H17BrN2O4/c1-10(21)19-11-5-4-6-12(7-11)20-17(22)14-8-13(23-2)9-15(18)16(14)24-3/h4-9H,1-3H3,(H,19,21)(H,20,22). The van der Waals surface area contributed by atoms with Crippen LogP contribution in [0.2, 0.25) is 0 Å². The van der Waals surface area contributed by atoms with Gasteiger partial charge in [0.2, 0.25) is 5.91 Å². The smallest absolute Gasteiger partial charge is 0.259 e. The summed E-state index contributed by atoms with van der Waals surface area (Å²) in [5, 5.41) is 5.44. The lowest BCUT2D eigenvalue weighted by molar-refractivity contribution is -0.114. The van der Waals surface area contributed by atoms with Crippen molar-refractivity contribution in [2.45, 2.75) is 6.92 Å². The number of rotatable bonds is 5. The maximum atomic E-state index is 12.6. The van der Waals surface area contributed by atoms with Crippen molar-refractivity contribution in [1.29, 1.82) is 0 Å². The first kappa shape index (κ1) is 17.8. The molecule has 0 fully saturated rings. The Hall–Kier alpha value is -2.54. The molecule has 0 aliphatic rings. The lowest BCUT2D eigenvalue weighted by Gasteiger charge is -2.13. The first-order valence-electron chi connectivity index (χ1n) is 7.05. The van der Waals surface area contributed by atoms with Crippen LogP contribution in [0.5, 0.6) is 11.5 Å². The second kappa shape index (κ2) is 7.83. The summed E-state index contributed by atoms with van der Waals surface area (Å²) < 4.78 is 11.1. The van der Waals surface area contributed by atoms with Crippen molar-refractivity contribution in [2.75, 3.05) is 24.9 Å². The van der Waals surface area contributed by atoms with Crippen LogP contribution in [0.4, 0.5) is 11.4 Å². The molecule has 24 heavy (non-hydrogen) atoms. The highest BCUT2D eigenvalue weighted by Gasteiger charge is 2.17. The van der Waals surface area contributed by atoms with Gasteiger partial charge in [-0.3, -0.25) is 9.59 Å². The van der Waals surface area contributed by atoms with Gasteiger partial charge in [-0.25, -0.2) is 0 Å². The number of carbonyl (C=O) groups excluding carboxylic acids is 2. The van der Waals surface area contributed by atoms with Gasteiger partial charge in [0.1, 0.15) is 11.5 Å². The predicted molar refractivity (Wildman–Crippen MR) is 95.9 cm³/mol. The Morgan fingerprint density at radius 3 is 2.25 bits per heavy atom. The molecule has 0 unspecified atom stereocenters. The van der Waals surface area contributed by atoms with E-state index < -0.39 is 0 Å². The van der Waals surface area contributed by atoms with Crippen molar-refractivity contribution >= 4 is 39.1 Å². The van der Waals surface area contributed by atoms with E-state index in [0.29, 0.717) is 32.9 Å². The highest BCUT2D eigenvalue weighted by molar-refractivity contribution is 9.10. The lowest BCUT2D eigenvalue weighted by atomic mass is 10.1. The van der Waals surface area contributed by atoms with Gasteiger partial charge in [-0.15, -0.1) is 0 Å². The molecule has 0 atom stereocenters. The van der Waals surface area contributed by atoms with Gasteiger partial charge < -0.3 is 20.1 Å². The van der Waals surface area contributed by atoms with Gasteiger partial charge >= 0.3 is 0 Å². The van der Waals surface area contributed by atoms with Crippen molar-refractivity contribution in [3.63, 3.8) is 0 Å². The summed E-state index contributed by atoms with van der Waals surface area (Å²) in [6, 6.07) is 10.2. The minimum Gasteiger partial charge on any atom is -0.497 e. The first-order valence-corrected chi connectivity index (χ1v) is 7.84. The number of nitrogens with one attached hydrogen (secondary N) is 2. The fraction of sp³-hybridized carbons (Fsp3) is 0.176. The fourth-order valence-corrected chi connectivity index (χ4v) is 2.74. The van der Waals surface area contributed by atoms with E-state index in [0.717, 1.165) is 0 Å². The zero-order valence-electron chi connectivity index (χ0n) is 13.5. The predicted octanol–water partition coefficient (Wildman–Crippen LogP) is 3.68. The van der Waals surface area contributed by atoms with Gasteiger partial charge in [0.05, 0.1) is 24.3 Å². The van der Waals surface area contributed by atoms with Crippen LogP contribution in [0.3, 0.4) is 0 Å². The molecular weight excluding hydrogens is 376 g/mol. The Balaban J connectivity index is 2.30. The molecule has 7 heteroatoms. The molecule has 0 heterocycles. The van der Waals surface area contributed by atoms with Crippen LogP contribution in [-0.4, -0.2) is 26.0 Å². The van der Waals surface area contributed by atoms with Crippen LogP contribution in [-0.2, 0) is 4.79 Å². The highest BCUT2D eigenvalue weighted by atomic mass is 79.9. The molecule has 126 valence electrons. The minimum atomic E-state index is -0.355.